The highest BCUT2D eigenvalue weighted by atomic mass is 32.2. The quantitative estimate of drug-likeness (QED) is 0.612. The molecule has 0 aromatic carbocycles. The molecule has 0 aromatic rings. The van der Waals surface area contributed by atoms with Crippen molar-refractivity contribution in [1.29, 1.82) is 0 Å². The molecule has 6 nitrogen and oxygen atoms in total. The fourth-order valence-corrected chi connectivity index (χ4v) is 3.32. The minimum Gasteiger partial charge on any atom is -0.395 e. The molecule has 4 N–H and O–H groups in total. The second-order valence-electron chi connectivity index (χ2n) is 4.01. The zero-order valence-corrected chi connectivity index (χ0v) is 9.81. The maximum atomic E-state index is 13.8. The molecule has 2 amide bonds. The van der Waals surface area contributed by atoms with Crippen molar-refractivity contribution in [1.82, 2.24) is 4.90 Å². The van der Waals surface area contributed by atoms with E-state index < -0.39 is 28.9 Å². The van der Waals surface area contributed by atoms with Crippen molar-refractivity contribution in [2.45, 2.75) is 29.3 Å². The van der Waals surface area contributed by atoms with Gasteiger partial charge in [0.15, 0.2) is 6.17 Å². The van der Waals surface area contributed by atoms with Crippen LogP contribution in [0.4, 0.5) is 9.18 Å². The van der Waals surface area contributed by atoms with Crippen molar-refractivity contribution >= 4 is 23.6 Å². The molecule has 2 heterocycles. The molecule has 2 aliphatic rings. The number of hydrogen-bond acceptors (Lipinski definition) is 5. The Morgan fingerprint density at radius 1 is 1.65 bits per heavy atom. The largest absolute Gasteiger partial charge is 0.395 e. The lowest BCUT2D eigenvalue weighted by molar-refractivity contribution is 0.0522. The van der Waals surface area contributed by atoms with Crippen LogP contribution >= 0.6 is 11.8 Å². The molecule has 1 fully saturated rings. The first-order valence-electron chi connectivity index (χ1n) is 5.26. The van der Waals surface area contributed by atoms with Crippen LogP contribution < -0.4 is 5.73 Å². The van der Waals surface area contributed by atoms with Gasteiger partial charge in [-0.3, -0.25) is 0 Å². The number of hydrogen-bond donors (Lipinski definition) is 3. The molecule has 1 saturated heterocycles. The molecule has 0 aliphatic carbocycles. The third-order valence-electron chi connectivity index (χ3n) is 2.87. The van der Waals surface area contributed by atoms with Crippen molar-refractivity contribution in [2.75, 3.05) is 13.2 Å². The van der Waals surface area contributed by atoms with E-state index in [-0.39, 0.29) is 19.0 Å². The Labute approximate surface area is 102 Å². The molecule has 0 aromatic heterocycles. The minimum atomic E-state index is -1.57. The molecule has 17 heavy (non-hydrogen) atoms. The van der Waals surface area contributed by atoms with Crippen LogP contribution in [0.3, 0.4) is 0 Å². The molecule has 8 heteroatoms. The van der Waals surface area contributed by atoms with Crippen LogP contribution in [0.25, 0.3) is 0 Å². The maximum absolute atomic E-state index is 13.8. The molecule has 96 valence electrons. The molecular weight excluding hydrogens is 249 g/mol. The molecule has 0 spiro atoms. The van der Waals surface area contributed by atoms with Gasteiger partial charge in [0.05, 0.1) is 11.9 Å². The standard InChI is InChI=1S/C9H14FN3O3S/c10-6-7(15)4(3-14)17-8(6)13-2-1-5(11)12-9(13)16/h4,6-8,14-15H,1-3H2,(H2,11,12,16)/t4-,6+,7-,8-/m1/s1. The fourth-order valence-electron chi connectivity index (χ4n) is 1.91. The molecule has 0 saturated carbocycles. The summed E-state index contributed by atoms with van der Waals surface area (Å²) in [5.41, 5.74) is 5.41. The summed E-state index contributed by atoms with van der Waals surface area (Å²) in [6.07, 6.45) is -2.43. The van der Waals surface area contributed by atoms with Gasteiger partial charge in [-0.15, -0.1) is 11.8 Å². The van der Waals surface area contributed by atoms with Gasteiger partial charge in [0.2, 0.25) is 0 Å². The number of halogens is 1. The zero-order valence-electron chi connectivity index (χ0n) is 8.99. The summed E-state index contributed by atoms with van der Waals surface area (Å²) < 4.78 is 13.8. The van der Waals surface area contributed by atoms with Gasteiger partial charge in [-0.25, -0.2) is 9.18 Å². The average molecular weight is 263 g/mol. The summed E-state index contributed by atoms with van der Waals surface area (Å²) in [4.78, 5) is 16.4. The number of aliphatic hydroxyl groups is 2. The third-order valence-corrected chi connectivity index (χ3v) is 4.45. The second-order valence-corrected chi connectivity index (χ2v) is 5.37. The van der Waals surface area contributed by atoms with Crippen LogP contribution in [0.2, 0.25) is 0 Å². The van der Waals surface area contributed by atoms with Crippen LogP contribution in [0.5, 0.6) is 0 Å². The Kier molecular flexibility index (Phi) is 3.55. The molecular formula is C9H14FN3O3S. The third kappa shape index (κ3) is 2.24. The molecule has 2 aliphatic heterocycles. The molecule has 0 bridgehead atoms. The highest BCUT2D eigenvalue weighted by Gasteiger charge is 2.47. The number of aliphatic hydroxyl groups excluding tert-OH is 2. The van der Waals surface area contributed by atoms with Gasteiger partial charge in [-0.05, 0) is 0 Å². The Bertz CT molecular complexity index is 354. The van der Waals surface area contributed by atoms with E-state index in [2.05, 4.69) is 4.99 Å². The van der Waals surface area contributed by atoms with E-state index in [1.807, 2.05) is 0 Å². The van der Waals surface area contributed by atoms with Crippen LogP contribution in [0.1, 0.15) is 6.42 Å². The number of alkyl halides is 1. The summed E-state index contributed by atoms with van der Waals surface area (Å²) in [6, 6.07) is -0.584. The van der Waals surface area contributed by atoms with Gasteiger partial charge in [0.1, 0.15) is 17.3 Å². The van der Waals surface area contributed by atoms with Gasteiger partial charge in [0, 0.05) is 13.0 Å². The number of urea groups is 1. The van der Waals surface area contributed by atoms with E-state index in [9.17, 15) is 14.3 Å². The molecule has 0 unspecified atom stereocenters. The SMILES string of the molecule is NC1=NC(=O)N([C@@H]2S[C@H](CO)[C@@H](O)[C@@H]2F)CC1. The summed E-state index contributed by atoms with van der Waals surface area (Å²) in [5, 5.41) is 17.1. The van der Waals surface area contributed by atoms with Crippen LogP contribution in [-0.4, -0.2) is 63.0 Å². The molecule has 0 radical (unpaired) electrons. The number of thioether (sulfide) groups is 1. The van der Waals surface area contributed by atoms with Crippen molar-refractivity contribution in [3.8, 4) is 0 Å². The second kappa shape index (κ2) is 4.79. The van der Waals surface area contributed by atoms with Crippen molar-refractivity contribution in [3.63, 3.8) is 0 Å². The maximum Gasteiger partial charge on any atom is 0.346 e. The first-order valence-corrected chi connectivity index (χ1v) is 6.21. The summed E-state index contributed by atoms with van der Waals surface area (Å²) in [5.74, 6) is 0.240. The lowest BCUT2D eigenvalue weighted by Gasteiger charge is -2.30. The minimum absolute atomic E-state index is 0.240. The Balaban J connectivity index is 2.11. The highest BCUT2D eigenvalue weighted by Crippen LogP contribution is 2.38. The number of amidine groups is 1. The van der Waals surface area contributed by atoms with Gasteiger partial charge < -0.3 is 20.8 Å². The van der Waals surface area contributed by atoms with Crippen LogP contribution in [-0.2, 0) is 0 Å². The number of carbonyl (C=O) groups excluding carboxylic acids is 1. The smallest absolute Gasteiger partial charge is 0.346 e. The number of nitrogens with two attached hydrogens (primary N) is 1. The van der Waals surface area contributed by atoms with Crippen molar-refractivity contribution in [2.24, 2.45) is 10.7 Å². The number of nitrogens with zero attached hydrogens (tertiary/aromatic N) is 2. The summed E-state index contributed by atoms with van der Waals surface area (Å²) >= 11 is 1.06. The molecule has 4 atom stereocenters. The first-order chi connectivity index (χ1) is 8.04. The highest BCUT2D eigenvalue weighted by molar-refractivity contribution is 8.00. The van der Waals surface area contributed by atoms with Gasteiger partial charge in [-0.2, -0.15) is 4.99 Å². The Morgan fingerprint density at radius 2 is 2.35 bits per heavy atom. The average Bonchev–Trinajstić information content (AvgIpc) is 2.57. The summed E-state index contributed by atoms with van der Waals surface area (Å²) in [6.45, 7) is -0.0344. The first kappa shape index (κ1) is 12.6. The zero-order chi connectivity index (χ0) is 12.6. The van der Waals surface area contributed by atoms with Crippen molar-refractivity contribution < 1.29 is 19.4 Å². The van der Waals surface area contributed by atoms with E-state index in [1.54, 1.807) is 0 Å². The van der Waals surface area contributed by atoms with Gasteiger partial charge >= 0.3 is 6.03 Å². The monoisotopic (exact) mass is 263 g/mol. The van der Waals surface area contributed by atoms with E-state index >= 15 is 0 Å². The predicted octanol–water partition coefficient (Wildman–Crippen LogP) is -0.698. The molecule has 2 rings (SSSR count). The van der Waals surface area contributed by atoms with Gasteiger partial charge in [0.25, 0.3) is 0 Å². The van der Waals surface area contributed by atoms with Crippen molar-refractivity contribution in [3.05, 3.63) is 0 Å². The van der Waals surface area contributed by atoms with E-state index in [4.69, 9.17) is 10.8 Å². The fraction of sp³-hybridized carbons (Fsp3) is 0.778. The topological polar surface area (TPSA) is 99.2 Å². The number of aliphatic imine (C=N–C) groups is 1. The summed E-state index contributed by atoms with van der Waals surface area (Å²) in [7, 11) is 0. The number of carbonyl (C=O) groups is 1. The lowest BCUT2D eigenvalue weighted by Crippen LogP contribution is -2.46. The van der Waals surface area contributed by atoms with Crippen LogP contribution in [0.15, 0.2) is 4.99 Å². The van der Waals surface area contributed by atoms with E-state index in [0.29, 0.717) is 6.42 Å². The number of rotatable bonds is 2. The van der Waals surface area contributed by atoms with E-state index in [0.717, 1.165) is 11.8 Å². The van der Waals surface area contributed by atoms with Crippen LogP contribution in [0, 0.1) is 0 Å². The van der Waals surface area contributed by atoms with Gasteiger partial charge in [-0.1, -0.05) is 0 Å². The Hall–Kier alpha value is -0.860. The number of amides is 2. The Morgan fingerprint density at radius 3 is 2.88 bits per heavy atom. The van der Waals surface area contributed by atoms with E-state index in [1.165, 1.54) is 4.90 Å². The normalized spacial score (nSPS) is 38.4. The predicted molar refractivity (Wildman–Crippen MR) is 61.5 cm³/mol. The lowest BCUT2D eigenvalue weighted by atomic mass is 10.1.